The molecule has 0 unspecified atom stereocenters. The van der Waals surface area contributed by atoms with Crippen LogP contribution >= 0.6 is 11.6 Å². The average molecular weight is 417 g/mol. The van der Waals surface area contributed by atoms with Gasteiger partial charge in [-0.15, -0.1) is 0 Å². The van der Waals surface area contributed by atoms with E-state index in [-0.39, 0.29) is 54.8 Å². The van der Waals surface area contributed by atoms with E-state index in [1.54, 1.807) is 0 Å². The van der Waals surface area contributed by atoms with Crippen LogP contribution in [0.25, 0.3) is 0 Å². The Kier molecular flexibility index (Phi) is 12.2. The molecule has 0 bridgehead atoms. The zero-order chi connectivity index (χ0) is 20.2. The second-order valence-corrected chi connectivity index (χ2v) is 5.95. The van der Waals surface area contributed by atoms with Crippen molar-refractivity contribution in [3.63, 3.8) is 0 Å². The molecule has 0 radical (unpaired) electrons. The second kappa shape index (κ2) is 13.5. The monoisotopic (exact) mass is 416 g/mol. The minimum Gasteiger partial charge on any atom is -0.396 e. The third-order valence-electron chi connectivity index (χ3n) is 3.39. The maximum atomic E-state index is 12.0. The zero-order valence-corrected chi connectivity index (χ0v) is 15.6. The lowest BCUT2D eigenvalue weighted by Crippen LogP contribution is -2.38. The lowest BCUT2D eigenvalue weighted by Gasteiger charge is -2.07. The minimum absolute atomic E-state index is 0. The van der Waals surface area contributed by atoms with Crippen molar-refractivity contribution in [2.24, 2.45) is 10.7 Å². The number of hydrogen-bond acceptors (Lipinski definition) is 8. The maximum Gasteiger partial charge on any atom is 0.280 e. The number of rotatable bonds is 10. The van der Waals surface area contributed by atoms with Gasteiger partial charge in [0.05, 0.1) is 6.61 Å². The number of nitrogens with one attached hydrogen (secondary N) is 2. The summed E-state index contributed by atoms with van der Waals surface area (Å²) in [5.74, 6) is -1.13. The zero-order valence-electron chi connectivity index (χ0n) is 14.9. The molecule has 2 amide bonds. The van der Waals surface area contributed by atoms with Crippen LogP contribution in [0.1, 0.15) is 50.0 Å². The molecule has 28 heavy (non-hydrogen) atoms. The summed E-state index contributed by atoms with van der Waals surface area (Å²) >= 11 is 5.72. The summed E-state index contributed by atoms with van der Waals surface area (Å²) in [6.07, 6.45) is 3.54. The molecule has 0 aliphatic heterocycles. The van der Waals surface area contributed by atoms with E-state index in [2.05, 4.69) is 25.6 Å². The summed E-state index contributed by atoms with van der Waals surface area (Å²) in [7, 11) is 0. The summed E-state index contributed by atoms with van der Waals surface area (Å²) in [6, 6.07) is 0. The summed E-state index contributed by atoms with van der Waals surface area (Å²) < 4.78 is 0. The van der Waals surface area contributed by atoms with Crippen molar-refractivity contribution in [3.05, 3.63) is 10.8 Å². The van der Waals surface area contributed by atoms with Crippen LogP contribution in [0.15, 0.2) is 4.99 Å². The summed E-state index contributed by atoms with van der Waals surface area (Å²) in [5, 5.41) is 13.5. The van der Waals surface area contributed by atoms with Gasteiger partial charge in [-0.2, -0.15) is 0 Å². The molecular formula is C16H29ClN8O3. The van der Waals surface area contributed by atoms with Crippen LogP contribution in [0, 0.1) is 0 Å². The van der Waals surface area contributed by atoms with E-state index >= 15 is 0 Å². The number of hydrogen-bond donors (Lipinski definition) is 6. The smallest absolute Gasteiger partial charge is 0.280 e. The molecule has 0 fully saturated rings. The van der Waals surface area contributed by atoms with Crippen molar-refractivity contribution in [3.8, 4) is 0 Å². The van der Waals surface area contributed by atoms with Crippen LogP contribution in [-0.2, 0) is 4.79 Å². The number of aromatic nitrogens is 2. The number of nitrogen functional groups attached to an aromatic ring is 2. The fourth-order valence-electron chi connectivity index (χ4n) is 2.03. The highest BCUT2D eigenvalue weighted by Crippen LogP contribution is 2.17. The normalized spacial score (nSPS) is 10.9. The first-order valence-corrected chi connectivity index (χ1v) is 8.80. The third-order valence-corrected chi connectivity index (χ3v) is 3.67. The van der Waals surface area contributed by atoms with Gasteiger partial charge in [-0.3, -0.25) is 19.9 Å². The highest BCUT2D eigenvalue weighted by atomic mass is 35.5. The highest BCUT2D eigenvalue weighted by Gasteiger charge is 2.16. The van der Waals surface area contributed by atoms with Crippen LogP contribution in [0.5, 0.6) is 0 Å². The molecular weight excluding hydrogens is 388 g/mol. The molecule has 158 valence electrons. The third kappa shape index (κ3) is 9.33. The van der Waals surface area contributed by atoms with Gasteiger partial charge in [0.1, 0.15) is 0 Å². The summed E-state index contributed by atoms with van der Waals surface area (Å²) in [4.78, 5) is 34.7. The number of aliphatic hydroxyl groups excluding tert-OH is 1. The minimum atomic E-state index is -0.679. The molecule has 0 spiro atoms. The molecule has 11 nitrogen and oxygen atoms in total. The number of nitrogens with zero attached hydrogens (tertiary/aromatic N) is 3. The van der Waals surface area contributed by atoms with Crippen molar-refractivity contribution in [1.29, 1.82) is 0 Å². The highest BCUT2D eigenvalue weighted by molar-refractivity contribution is 6.31. The molecule has 0 saturated heterocycles. The van der Waals surface area contributed by atoms with E-state index in [4.69, 9.17) is 33.9 Å². The number of aliphatic imine (C=N–C) groups is 1. The van der Waals surface area contributed by atoms with Crippen molar-refractivity contribution in [2.45, 2.75) is 39.5 Å². The Morgan fingerprint density at radius 2 is 1.79 bits per heavy atom. The molecule has 0 saturated carbocycles. The summed E-state index contributed by atoms with van der Waals surface area (Å²) in [6.45, 7) is 0.867. The number of nitrogens with two attached hydrogens (primary N) is 3. The van der Waals surface area contributed by atoms with Crippen molar-refractivity contribution >= 4 is 41.0 Å². The number of aliphatic hydroxyl groups is 1. The van der Waals surface area contributed by atoms with Crippen LogP contribution in [0.2, 0.25) is 5.15 Å². The topological polar surface area (TPSA) is 195 Å². The Morgan fingerprint density at radius 1 is 1.11 bits per heavy atom. The molecule has 0 atom stereocenters. The number of halogens is 1. The average Bonchev–Trinajstić information content (AvgIpc) is 2.60. The molecule has 0 aliphatic rings. The first kappa shape index (κ1) is 25.3. The standard InChI is InChI=1S/C15H25ClN8O3.CH4/c16-11-13(18)23-12(17)10(22-11)14(27)24-15(19)21-7-4-2-1-3-6-20-9(26)5-8-25;/h25H,1-8H2,(H,20,26)(H4,17,18,23)(H3,19,21,24,27);1H4. The molecule has 1 aromatic rings. The van der Waals surface area contributed by atoms with Gasteiger partial charge >= 0.3 is 0 Å². The van der Waals surface area contributed by atoms with Gasteiger partial charge in [-0.05, 0) is 12.8 Å². The van der Waals surface area contributed by atoms with Crippen molar-refractivity contribution in [2.75, 3.05) is 31.2 Å². The van der Waals surface area contributed by atoms with Gasteiger partial charge in [-0.25, -0.2) is 9.97 Å². The molecule has 1 heterocycles. The van der Waals surface area contributed by atoms with Crippen LogP contribution in [0.3, 0.4) is 0 Å². The number of carbonyl (C=O) groups is 2. The van der Waals surface area contributed by atoms with E-state index in [1.807, 2.05) is 0 Å². The van der Waals surface area contributed by atoms with Crippen LogP contribution < -0.4 is 27.8 Å². The van der Waals surface area contributed by atoms with Gasteiger partial charge in [0.15, 0.2) is 28.4 Å². The SMILES string of the molecule is C.NC(=NCCCCCCNC(=O)CCO)NC(=O)c1nc(Cl)c(N)nc1N. The number of anilines is 2. The Labute approximate surface area is 169 Å². The number of carbonyl (C=O) groups excluding carboxylic acids is 2. The number of unbranched alkanes of at least 4 members (excludes halogenated alkanes) is 3. The first-order valence-electron chi connectivity index (χ1n) is 8.42. The van der Waals surface area contributed by atoms with Gasteiger partial charge in [0.25, 0.3) is 5.91 Å². The predicted molar refractivity (Wildman–Crippen MR) is 110 cm³/mol. The van der Waals surface area contributed by atoms with E-state index in [0.717, 1.165) is 25.7 Å². The Morgan fingerprint density at radius 3 is 2.46 bits per heavy atom. The summed E-state index contributed by atoms with van der Waals surface area (Å²) in [5.41, 5.74) is 16.5. The number of amides is 2. The predicted octanol–water partition coefficient (Wildman–Crippen LogP) is 0.0340. The van der Waals surface area contributed by atoms with E-state index < -0.39 is 5.91 Å². The molecule has 0 aliphatic carbocycles. The van der Waals surface area contributed by atoms with Gasteiger partial charge < -0.3 is 27.6 Å². The Balaban J connectivity index is 0.00000729. The molecule has 1 rings (SSSR count). The molecule has 9 N–H and O–H groups in total. The Bertz CT molecular complexity index is 684. The van der Waals surface area contributed by atoms with Crippen LogP contribution in [0.4, 0.5) is 11.6 Å². The largest absolute Gasteiger partial charge is 0.396 e. The molecule has 0 aromatic carbocycles. The van der Waals surface area contributed by atoms with Crippen molar-refractivity contribution in [1.82, 2.24) is 20.6 Å². The fraction of sp³-hybridized carbons (Fsp3) is 0.562. The molecule has 12 heteroatoms. The number of guanidine groups is 1. The lowest BCUT2D eigenvalue weighted by atomic mass is 10.2. The Hall–Kier alpha value is -2.66. The van der Waals surface area contributed by atoms with E-state index in [1.165, 1.54) is 0 Å². The van der Waals surface area contributed by atoms with Gasteiger partial charge in [-0.1, -0.05) is 31.9 Å². The maximum absolute atomic E-state index is 12.0. The quantitative estimate of drug-likeness (QED) is 0.174. The first-order chi connectivity index (χ1) is 12.8. The van der Waals surface area contributed by atoms with Gasteiger partial charge in [0.2, 0.25) is 5.91 Å². The second-order valence-electron chi connectivity index (χ2n) is 5.59. The molecule has 1 aromatic heterocycles. The fourth-order valence-corrected chi connectivity index (χ4v) is 2.16. The van der Waals surface area contributed by atoms with Crippen LogP contribution in [-0.4, -0.2) is 52.5 Å². The van der Waals surface area contributed by atoms with Gasteiger partial charge in [0, 0.05) is 19.5 Å². The van der Waals surface area contributed by atoms with E-state index in [0.29, 0.717) is 13.1 Å². The van der Waals surface area contributed by atoms with E-state index in [9.17, 15) is 9.59 Å². The van der Waals surface area contributed by atoms with Crippen molar-refractivity contribution < 1.29 is 14.7 Å². The lowest BCUT2D eigenvalue weighted by molar-refractivity contribution is -0.121.